The highest BCUT2D eigenvalue weighted by Crippen LogP contribution is 2.28. The van der Waals surface area contributed by atoms with Crippen LogP contribution < -0.4 is 4.74 Å². The predicted octanol–water partition coefficient (Wildman–Crippen LogP) is 2.96. The largest absolute Gasteiger partial charge is 0.426 e. The van der Waals surface area contributed by atoms with Crippen molar-refractivity contribution >= 4 is 39.2 Å². The fourth-order valence-electron chi connectivity index (χ4n) is 2.29. The van der Waals surface area contributed by atoms with Crippen molar-refractivity contribution in [3.63, 3.8) is 0 Å². The van der Waals surface area contributed by atoms with E-state index in [4.69, 9.17) is 27.9 Å². The van der Waals surface area contributed by atoms with E-state index in [1.165, 1.54) is 10.4 Å². The molecule has 0 atom stereocenters. The molecule has 0 bridgehead atoms. The van der Waals surface area contributed by atoms with Gasteiger partial charge in [0.05, 0.1) is 21.7 Å². The number of halogens is 2. The van der Waals surface area contributed by atoms with Gasteiger partial charge in [-0.05, 0) is 31.9 Å². The molecule has 1 aliphatic heterocycles. The van der Waals surface area contributed by atoms with Crippen LogP contribution in [0.4, 0.5) is 0 Å². The zero-order chi connectivity index (χ0) is 16.3. The van der Waals surface area contributed by atoms with Gasteiger partial charge in [0, 0.05) is 19.2 Å². The Balaban J connectivity index is 1.94. The van der Waals surface area contributed by atoms with Gasteiger partial charge in [-0.2, -0.15) is 0 Å². The maximum absolute atomic E-state index is 12.1. The van der Waals surface area contributed by atoms with Gasteiger partial charge in [-0.1, -0.05) is 23.2 Å². The summed E-state index contributed by atoms with van der Waals surface area (Å²) in [4.78, 5) is 12.1. The lowest BCUT2D eigenvalue weighted by molar-refractivity contribution is -0.140. The highest BCUT2D eigenvalue weighted by molar-refractivity contribution is 7.89. The molecule has 1 saturated heterocycles. The fourth-order valence-corrected chi connectivity index (χ4v) is 3.71. The lowest BCUT2D eigenvalue weighted by atomic mass is 9.98. The molecule has 5 nitrogen and oxygen atoms in total. The van der Waals surface area contributed by atoms with Crippen molar-refractivity contribution in [3.8, 4) is 5.75 Å². The molecule has 122 valence electrons. The van der Waals surface area contributed by atoms with Gasteiger partial charge in [-0.25, -0.2) is 12.7 Å². The first-order valence-electron chi connectivity index (χ1n) is 6.98. The summed E-state index contributed by atoms with van der Waals surface area (Å²) in [7, 11) is -3.19. The lowest BCUT2D eigenvalue weighted by Crippen LogP contribution is -2.41. The fraction of sp³-hybridized carbons (Fsp3) is 0.500. The molecule has 0 aliphatic carbocycles. The summed E-state index contributed by atoms with van der Waals surface area (Å²) in [5, 5.41) is 0.704. The molecule has 0 unspecified atom stereocenters. The number of carbonyl (C=O) groups is 1. The standard InChI is InChI=1S/C14H17Cl2NO4S/c1-2-22(19,20)17-7-5-10(6-8-17)14(18)21-11-3-4-12(15)13(16)9-11/h3-4,9-10H,2,5-8H2,1H3. The Kier molecular flexibility index (Phi) is 5.71. The van der Waals surface area contributed by atoms with Gasteiger partial charge >= 0.3 is 5.97 Å². The first-order valence-corrected chi connectivity index (χ1v) is 9.34. The Labute approximate surface area is 140 Å². The molecule has 22 heavy (non-hydrogen) atoms. The number of ether oxygens (including phenoxy) is 1. The van der Waals surface area contributed by atoms with Crippen molar-refractivity contribution in [1.29, 1.82) is 0 Å². The summed E-state index contributed by atoms with van der Waals surface area (Å²) in [6.45, 7) is 2.30. The minimum Gasteiger partial charge on any atom is -0.426 e. The average molecular weight is 366 g/mol. The van der Waals surface area contributed by atoms with Crippen molar-refractivity contribution in [3.05, 3.63) is 28.2 Å². The van der Waals surface area contributed by atoms with Crippen LogP contribution in [0.3, 0.4) is 0 Å². The van der Waals surface area contributed by atoms with Gasteiger partial charge in [0.2, 0.25) is 10.0 Å². The molecule has 0 N–H and O–H groups in total. The van der Waals surface area contributed by atoms with Crippen LogP contribution in [0.1, 0.15) is 19.8 Å². The average Bonchev–Trinajstić information content (AvgIpc) is 2.51. The molecule has 0 radical (unpaired) electrons. The molecule has 1 heterocycles. The minimum atomic E-state index is -3.19. The molecule has 8 heteroatoms. The molecule has 0 spiro atoms. The molecule has 0 aromatic heterocycles. The Morgan fingerprint density at radius 2 is 1.91 bits per heavy atom. The number of esters is 1. The zero-order valence-corrected chi connectivity index (χ0v) is 14.4. The summed E-state index contributed by atoms with van der Waals surface area (Å²) in [5.74, 6) is -0.265. The summed E-state index contributed by atoms with van der Waals surface area (Å²) >= 11 is 11.7. The number of nitrogens with zero attached hydrogens (tertiary/aromatic N) is 1. The topological polar surface area (TPSA) is 63.7 Å². The molecule has 0 saturated carbocycles. The van der Waals surface area contributed by atoms with Crippen LogP contribution >= 0.6 is 23.2 Å². The number of benzene rings is 1. The van der Waals surface area contributed by atoms with E-state index < -0.39 is 10.0 Å². The normalized spacial score (nSPS) is 17.4. The van der Waals surface area contributed by atoms with Crippen LogP contribution in [0.15, 0.2) is 18.2 Å². The first-order chi connectivity index (χ1) is 10.3. The number of hydrogen-bond acceptors (Lipinski definition) is 4. The maximum Gasteiger partial charge on any atom is 0.314 e. The summed E-state index contributed by atoms with van der Waals surface area (Å²) in [6.07, 6.45) is 0.915. The van der Waals surface area contributed by atoms with Gasteiger partial charge in [0.1, 0.15) is 5.75 Å². The van der Waals surface area contributed by atoms with E-state index in [2.05, 4.69) is 0 Å². The molecule has 1 aliphatic rings. The summed E-state index contributed by atoms with van der Waals surface area (Å²) in [5.41, 5.74) is 0. The number of hydrogen-bond donors (Lipinski definition) is 0. The third-order valence-corrected chi connectivity index (χ3v) is 6.28. The molecule has 1 fully saturated rings. The third kappa shape index (κ3) is 4.13. The Morgan fingerprint density at radius 1 is 1.27 bits per heavy atom. The van der Waals surface area contributed by atoms with E-state index in [0.29, 0.717) is 41.7 Å². The Hall–Kier alpha value is -0.820. The quantitative estimate of drug-likeness (QED) is 0.607. The van der Waals surface area contributed by atoms with Gasteiger partial charge in [-0.3, -0.25) is 4.79 Å². The molecular weight excluding hydrogens is 349 g/mol. The molecule has 2 rings (SSSR count). The summed E-state index contributed by atoms with van der Waals surface area (Å²) < 4.78 is 30.3. The van der Waals surface area contributed by atoms with E-state index >= 15 is 0 Å². The van der Waals surface area contributed by atoms with Gasteiger partial charge in [0.15, 0.2) is 0 Å². The summed E-state index contributed by atoms with van der Waals surface area (Å²) in [6, 6.07) is 4.62. The maximum atomic E-state index is 12.1. The van der Waals surface area contributed by atoms with E-state index in [1.807, 2.05) is 0 Å². The number of piperidine rings is 1. The van der Waals surface area contributed by atoms with Crippen molar-refractivity contribution in [2.75, 3.05) is 18.8 Å². The monoisotopic (exact) mass is 365 g/mol. The van der Waals surface area contributed by atoms with Crippen molar-refractivity contribution in [2.45, 2.75) is 19.8 Å². The second-order valence-electron chi connectivity index (χ2n) is 5.07. The number of carbonyl (C=O) groups excluding carboxylic acids is 1. The van der Waals surface area contributed by atoms with Gasteiger partial charge in [0.25, 0.3) is 0 Å². The van der Waals surface area contributed by atoms with Gasteiger partial charge < -0.3 is 4.74 Å². The van der Waals surface area contributed by atoms with Crippen molar-refractivity contribution < 1.29 is 17.9 Å². The van der Waals surface area contributed by atoms with E-state index in [0.717, 1.165) is 0 Å². The predicted molar refractivity (Wildman–Crippen MR) is 85.9 cm³/mol. The van der Waals surface area contributed by atoms with Gasteiger partial charge in [-0.15, -0.1) is 0 Å². The molecular formula is C14H17Cl2NO4S. The van der Waals surface area contributed by atoms with Crippen molar-refractivity contribution in [1.82, 2.24) is 4.31 Å². The van der Waals surface area contributed by atoms with Crippen LogP contribution in [0.2, 0.25) is 10.0 Å². The van der Waals surface area contributed by atoms with Crippen molar-refractivity contribution in [2.24, 2.45) is 5.92 Å². The second kappa shape index (κ2) is 7.17. The smallest absolute Gasteiger partial charge is 0.314 e. The van der Waals surface area contributed by atoms with Crippen LogP contribution in [-0.2, 0) is 14.8 Å². The lowest BCUT2D eigenvalue weighted by Gasteiger charge is -2.29. The number of sulfonamides is 1. The van der Waals surface area contributed by atoms with E-state index in [-0.39, 0.29) is 17.6 Å². The third-order valence-electron chi connectivity index (χ3n) is 3.65. The Morgan fingerprint density at radius 3 is 2.45 bits per heavy atom. The van der Waals surface area contributed by atoms with Crippen LogP contribution in [0.5, 0.6) is 5.75 Å². The SMILES string of the molecule is CCS(=O)(=O)N1CCC(C(=O)Oc2ccc(Cl)c(Cl)c2)CC1. The molecule has 1 aromatic rings. The highest BCUT2D eigenvalue weighted by atomic mass is 35.5. The van der Waals surface area contributed by atoms with Crippen LogP contribution in [0, 0.1) is 5.92 Å². The van der Waals surface area contributed by atoms with E-state index in [1.54, 1.807) is 19.1 Å². The number of rotatable bonds is 4. The zero-order valence-electron chi connectivity index (χ0n) is 12.1. The Bertz CT molecular complexity index is 655. The highest BCUT2D eigenvalue weighted by Gasteiger charge is 2.31. The molecule has 1 aromatic carbocycles. The minimum absolute atomic E-state index is 0.0748. The first kappa shape index (κ1) is 17.5. The van der Waals surface area contributed by atoms with Crippen LogP contribution in [-0.4, -0.2) is 37.5 Å². The molecule has 0 amide bonds. The second-order valence-corrected chi connectivity index (χ2v) is 8.14. The van der Waals surface area contributed by atoms with E-state index in [9.17, 15) is 13.2 Å². The van der Waals surface area contributed by atoms with Crippen LogP contribution in [0.25, 0.3) is 0 Å².